The maximum atomic E-state index is 6.06. The molecule has 0 aromatic heterocycles. The maximum Gasteiger partial charge on any atom is 0.0935 e. The smallest absolute Gasteiger partial charge is 0.0935 e. The minimum Gasteiger partial charge on any atom is -0.378 e. The molecule has 0 saturated heterocycles. The molecule has 0 fully saturated rings. The van der Waals surface area contributed by atoms with Crippen LogP contribution in [0.3, 0.4) is 0 Å². The first kappa shape index (κ1) is 16.0. The van der Waals surface area contributed by atoms with Crippen molar-refractivity contribution in [1.82, 2.24) is 0 Å². The average molecular weight is 343 g/mol. The number of nitrogens with zero attached hydrogens (tertiary/aromatic N) is 2. The molecule has 0 atom stereocenters. The molecule has 0 aliphatic rings. The minimum atomic E-state index is 0.424. The Balaban J connectivity index is 2.09. The van der Waals surface area contributed by atoms with E-state index in [-0.39, 0.29) is 0 Å². The average Bonchev–Trinajstić information content (AvgIpc) is 2.42. The van der Waals surface area contributed by atoms with E-state index in [4.69, 9.17) is 34.8 Å². The third-order valence-electron chi connectivity index (χ3n) is 2.81. The topological polar surface area (TPSA) is 27.6 Å². The van der Waals surface area contributed by atoms with E-state index in [2.05, 4.69) is 10.5 Å². The van der Waals surface area contributed by atoms with Crippen LogP contribution in [0.15, 0.2) is 41.5 Å². The molecule has 21 heavy (non-hydrogen) atoms. The first-order valence-corrected chi connectivity index (χ1v) is 7.32. The number of nitrogens with one attached hydrogen (secondary N) is 1. The van der Waals surface area contributed by atoms with Crippen LogP contribution in [-0.4, -0.2) is 20.3 Å². The molecule has 2 aromatic rings. The normalized spacial score (nSPS) is 10.9. The summed E-state index contributed by atoms with van der Waals surface area (Å²) in [6, 6.07) is 11.2. The van der Waals surface area contributed by atoms with Crippen LogP contribution in [0.1, 0.15) is 5.56 Å². The molecule has 0 aliphatic heterocycles. The first-order valence-electron chi connectivity index (χ1n) is 6.18. The Morgan fingerprint density at radius 1 is 1.00 bits per heavy atom. The third kappa shape index (κ3) is 4.27. The highest BCUT2D eigenvalue weighted by atomic mass is 35.5. The number of hydrogen-bond donors (Lipinski definition) is 1. The van der Waals surface area contributed by atoms with Gasteiger partial charge in [0.1, 0.15) is 0 Å². The molecule has 0 saturated carbocycles. The second-order valence-corrected chi connectivity index (χ2v) is 5.85. The standard InChI is InChI=1S/C15H14Cl3N3/c1-21(2)12-5-3-10(4-6-12)9-19-20-15-13(17)7-11(16)8-14(15)18/h3-9,20H,1-2H3/b19-9+. The van der Waals surface area contributed by atoms with Crippen molar-refractivity contribution in [3.05, 3.63) is 57.0 Å². The van der Waals surface area contributed by atoms with Gasteiger partial charge in [0.15, 0.2) is 0 Å². The van der Waals surface area contributed by atoms with Crippen molar-refractivity contribution >= 4 is 52.4 Å². The van der Waals surface area contributed by atoms with Gasteiger partial charge in [-0.15, -0.1) is 0 Å². The molecular weight excluding hydrogens is 329 g/mol. The number of rotatable bonds is 4. The van der Waals surface area contributed by atoms with Gasteiger partial charge in [0.2, 0.25) is 0 Å². The third-order valence-corrected chi connectivity index (χ3v) is 3.62. The molecule has 0 bridgehead atoms. The predicted octanol–water partition coefficient (Wildman–Crippen LogP) is 5.16. The Labute approximate surface area is 139 Å². The highest BCUT2D eigenvalue weighted by Crippen LogP contribution is 2.33. The summed E-state index contributed by atoms with van der Waals surface area (Å²) in [4.78, 5) is 2.03. The zero-order valence-corrected chi connectivity index (χ0v) is 13.8. The molecule has 2 rings (SSSR count). The van der Waals surface area contributed by atoms with E-state index in [1.54, 1.807) is 18.3 Å². The summed E-state index contributed by atoms with van der Waals surface area (Å²) < 4.78 is 0. The van der Waals surface area contributed by atoms with Gasteiger partial charge in [0, 0.05) is 24.8 Å². The summed E-state index contributed by atoms with van der Waals surface area (Å²) in [7, 11) is 3.99. The number of benzene rings is 2. The van der Waals surface area contributed by atoms with Crippen molar-refractivity contribution in [2.45, 2.75) is 0 Å². The summed E-state index contributed by atoms with van der Waals surface area (Å²) in [5.41, 5.74) is 5.46. The van der Waals surface area contributed by atoms with Gasteiger partial charge in [-0.3, -0.25) is 5.43 Å². The Morgan fingerprint density at radius 3 is 2.10 bits per heavy atom. The second kappa shape index (κ2) is 7.03. The molecule has 0 heterocycles. The fourth-order valence-electron chi connectivity index (χ4n) is 1.68. The Morgan fingerprint density at radius 2 is 1.57 bits per heavy atom. The molecule has 0 amide bonds. The highest BCUT2D eigenvalue weighted by Gasteiger charge is 2.06. The highest BCUT2D eigenvalue weighted by molar-refractivity contribution is 6.41. The Kier molecular flexibility index (Phi) is 5.34. The Bertz CT molecular complexity index is 629. The van der Waals surface area contributed by atoms with E-state index < -0.39 is 0 Å². The van der Waals surface area contributed by atoms with Crippen LogP contribution in [0.4, 0.5) is 11.4 Å². The van der Waals surface area contributed by atoms with Gasteiger partial charge in [-0.2, -0.15) is 5.10 Å². The largest absolute Gasteiger partial charge is 0.378 e. The minimum absolute atomic E-state index is 0.424. The molecular formula is C15H14Cl3N3. The van der Waals surface area contributed by atoms with Crippen LogP contribution in [0.25, 0.3) is 0 Å². The van der Waals surface area contributed by atoms with Crippen LogP contribution in [0.5, 0.6) is 0 Å². The van der Waals surface area contributed by atoms with Crippen molar-refractivity contribution in [3.63, 3.8) is 0 Å². The molecule has 110 valence electrons. The van der Waals surface area contributed by atoms with Gasteiger partial charge < -0.3 is 4.90 Å². The molecule has 2 aromatic carbocycles. The van der Waals surface area contributed by atoms with E-state index in [1.165, 1.54) is 0 Å². The Hall–Kier alpha value is -1.42. The lowest BCUT2D eigenvalue weighted by Crippen LogP contribution is -2.08. The van der Waals surface area contributed by atoms with E-state index in [9.17, 15) is 0 Å². The van der Waals surface area contributed by atoms with Crippen LogP contribution in [0.2, 0.25) is 15.1 Å². The zero-order valence-electron chi connectivity index (χ0n) is 11.6. The van der Waals surface area contributed by atoms with Gasteiger partial charge >= 0.3 is 0 Å². The van der Waals surface area contributed by atoms with Gasteiger partial charge in [-0.1, -0.05) is 46.9 Å². The zero-order chi connectivity index (χ0) is 15.4. The fourth-order valence-corrected chi connectivity index (χ4v) is 2.58. The molecule has 0 spiro atoms. The quantitative estimate of drug-likeness (QED) is 0.614. The molecule has 0 unspecified atom stereocenters. The van der Waals surface area contributed by atoms with Crippen LogP contribution in [-0.2, 0) is 0 Å². The van der Waals surface area contributed by atoms with Gasteiger partial charge in [0.05, 0.1) is 21.9 Å². The van der Waals surface area contributed by atoms with Crippen molar-refractivity contribution in [2.75, 3.05) is 24.4 Å². The summed E-state index contributed by atoms with van der Waals surface area (Å²) in [6.07, 6.45) is 1.70. The maximum absolute atomic E-state index is 6.06. The van der Waals surface area contributed by atoms with Crippen LogP contribution < -0.4 is 10.3 Å². The van der Waals surface area contributed by atoms with Crippen molar-refractivity contribution in [3.8, 4) is 0 Å². The lowest BCUT2D eigenvalue weighted by Gasteiger charge is -2.11. The number of anilines is 2. The van der Waals surface area contributed by atoms with Crippen LogP contribution in [0, 0.1) is 0 Å². The monoisotopic (exact) mass is 341 g/mol. The lowest BCUT2D eigenvalue weighted by molar-refractivity contribution is 1.13. The van der Waals surface area contributed by atoms with Gasteiger partial charge in [-0.25, -0.2) is 0 Å². The summed E-state index contributed by atoms with van der Waals surface area (Å²) in [6.45, 7) is 0. The van der Waals surface area contributed by atoms with E-state index in [0.717, 1.165) is 11.3 Å². The molecule has 0 radical (unpaired) electrons. The number of halogens is 3. The number of hydrogen-bond acceptors (Lipinski definition) is 3. The molecule has 0 aliphatic carbocycles. The van der Waals surface area contributed by atoms with Crippen LogP contribution >= 0.6 is 34.8 Å². The SMILES string of the molecule is CN(C)c1ccc(/C=N/Nc2c(Cl)cc(Cl)cc2Cl)cc1. The second-order valence-electron chi connectivity index (χ2n) is 4.60. The van der Waals surface area contributed by atoms with Crippen molar-refractivity contribution in [2.24, 2.45) is 5.10 Å². The molecule has 1 N–H and O–H groups in total. The molecule has 3 nitrogen and oxygen atoms in total. The van der Waals surface area contributed by atoms with E-state index in [1.807, 2.05) is 43.3 Å². The predicted molar refractivity (Wildman–Crippen MR) is 93.5 cm³/mol. The van der Waals surface area contributed by atoms with Gasteiger partial charge in [0.25, 0.3) is 0 Å². The van der Waals surface area contributed by atoms with Crippen molar-refractivity contribution < 1.29 is 0 Å². The summed E-state index contributed by atoms with van der Waals surface area (Å²) in [5, 5.41) is 5.47. The fraction of sp³-hybridized carbons (Fsp3) is 0.133. The van der Waals surface area contributed by atoms with Gasteiger partial charge in [-0.05, 0) is 29.8 Å². The van der Waals surface area contributed by atoms with E-state index >= 15 is 0 Å². The van der Waals surface area contributed by atoms with Crippen molar-refractivity contribution in [1.29, 1.82) is 0 Å². The molecule has 6 heteroatoms. The van der Waals surface area contributed by atoms with E-state index in [0.29, 0.717) is 20.8 Å². The number of hydrazone groups is 1. The lowest BCUT2D eigenvalue weighted by atomic mass is 10.2. The summed E-state index contributed by atoms with van der Waals surface area (Å²) >= 11 is 18.0. The first-order chi connectivity index (χ1) is 9.97. The summed E-state index contributed by atoms with van der Waals surface area (Å²) in [5.74, 6) is 0.